The van der Waals surface area contributed by atoms with E-state index in [9.17, 15) is 18.0 Å². The van der Waals surface area contributed by atoms with Gasteiger partial charge < -0.3 is 10.4 Å². The Labute approximate surface area is 100 Å². The second kappa shape index (κ2) is 5.37. The maximum atomic E-state index is 12.6. The second-order valence-corrected chi connectivity index (χ2v) is 3.65. The number of hydrogen-bond donors (Lipinski definition) is 2. The van der Waals surface area contributed by atoms with Gasteiger partial charge in [-0.1, -0.05) is 11.6 Å². The third-order valence-electron chi connectivity index (χ3n) is 1.90. The zero-order chi connectivity index (χ0) is 13.1. The molecule has 0 saturated heterocycles. The molecule has 0 fully saturated rings. The van der Waals surface area contributed by atoms with Crippen molar-refractivity contribution < 1.29 is 23.1 Å². The quantitative estimate of drug-likeness (QED) is 0.885. The minimum absolute atomic E-state index is 0.0718. The summed E-state index contributed by atoms with van der Waals surface area (Å²) < 4.78 is 37.8. The predicted octanol–water partition coefficient (Wildman–Crippen LogP) is 2.68. The van der Waals surface area contributed by atoms with Crippen molar-refractivity contribution in [3.63, 3.8) is 0 Å². The number of rotatable bonds is 3. The summed E-state index contributed by atoms with van der Waals surface area (Å²) in [6.45, 7) is -0.430. The number of carbonyl (C=O) groups excluding carboxylic acids is 1. The molecule has 2 N–H and O–H groups in total. The van der Waals surface area contributed by atoms with Crippen molar-refractivity contribution in [2.45, 2.75) is 12.6 Å². The Balaban J connectivity index is 3.03. The number of carbonyl (C=O) groups is 1. The smallest absolute Gasteiger partial charge is 0.396 e. The molecule has 0 aromatic heterocycles. The first-order valence-electron chi connectivity index (χ1n) is 4.62. The van der Waals surface area contributed by atoms with E-state index >= 15 is 0 Å². The number of halogens is 4. The molecule has 0 unspecified atom stereocenters. The van der Waals surface area contributed by atoms with Gasteiger partial charge in [0.15, 0.2) is 0 Å². The summed E-state index contributed by atoms with van der Waals surface area (Å²) in [5.41, 5.74) is -1.39. The molecule has 1 rings (SSSR count). The molecule has 0 spiro atoms. The number of anilines is 1. The predicted molar refractivity (Wildman–Crippen MR) is 56.8 cm³/mol. The fourth-order valence-electron chi connectivity index (χ4n) is 1.17. The summed E-state index contributed by atoms with van der Waals surface area (Å²) in [4.78, 5) is 11.1. The standard InChI is InChI=1S/C10H9ClF3NO2/c11-6-1-2-8(15-9(17)3-4-16)7(5-6)10(12,13)14/h1-2,5,16H,3-4H2,(H,15,17). The molecule has 17 heavy (non-hydrogen) atoms. The molecule has 1 aromatic carbocycles. The van der Waals surface area contributed by atoms with Crippen molar-refractivity contribution in [3.05, 3.63) is 28.8 Å². The summed E-state index contributed by atoms with van der Waals surface area (Å²) in [6.07, 6.45) is -4.87. The monoisotopic (exact) mass is 267 g/mol. The van der Waals surface area contributed by atoms with Crippen LogP contribution in [0.15, 0.2) is 18.2 Å². The fourth-order valence-corrected chi connectivity index (χ4v) is 1.35. The van der Waals surface area contributed by atoms with Crippen LogP contribution < -0.4 is 5.32 Å². The summed E-state index contributed by atoms with van der Waals surface area (Å²) in [6, 6.07) is 3.04. The van der Waals surface area contributed by atoms with Crippen LogP contribution in [0.25, 0.3) is 0 Å². The van der Waals surface area contributed by atoms with Crippen LogP contribution in [-0.2, 0) is 11.0 Å². The molecule has 0 aliphatic heterocycles. The van der Waals surface area contributed by atoms with E-state index in [1.54, 1.807) is 0 Å². The number of alkyl halides is 3. The maximum Gasteiger partial charge on any atom is 0.418 e. The van der Waals surface area contributed by atoms with Gasteiger partial charge in [-0.2, -0.15) is 13.2 Å². The molecule has 94 valence electrons. The Morgan fingerprint density at radius 2 is 2.06 bits per heavy atom. The highest BCUT2D eigenvalue weighted by atomic mass is 35.5. The van der Waals surface area contributed by atoms with Gasteiger partial charge in [-0.05, 0) is 18.2 Å². The van der Waals surface area contributed by atoms with Crippen LogP contribution in [0.1, 0.15) is 12.0 Å². The van der Waals surface area contributed by atoms with E-state index in [0.29, 0.717) is 0 Å². The zero-order valence-electron chi connectivity index (χ0n) is 8.51. The van der Waals surface area contributed by atoms with E-state index in [-0.39, 0.29) is 17.1 Å². The lowest BCUT2D eigenvalue weighted by Crippen LogP contribution is -2.17. The van der Waals surface area contributed by atoms with Crippen molar-refractivity contribution in [3.8, 4) is 0 Å². The third-order valence-corrected chi connectivity index (χ3v) is 2.14. The normalized spacial score (nSPS) is 11.4. The Morgan fingerprint density at radius 3 is 2.59 bits per heavy atom. The Kier molecular flexibility index (Phi) is 4.36. The van der Waals surface area contributed by atoms with Crippen molar-refractivity contribution >= 4 is 23.2 Å². The summed E-state index contributed by atoms with van der Waals surface area (Å²) in [7, 11) is 0. The second-order valence-electron chi connectivity index (χ2n) is 3.21. The van der Waals surface area contributed by atoms with Crippen LogP contribution in [0.3, 0.4) is 0 Å². The van der Waals surface area contributed by atoms with Crippen LogP contribution in [0.5, 0.6) is 0 Å². The van der Waals surface area contributed by atoms with E-state index in [2.05, 4.69) is 5.32 Å². The van der Waals surface area contributed by atoms with Gasteiger partial charge in [0.05, 0.1) is 24.3 Å². The molecule has 0 heterocycles. The summed E-state index contributed by atoms with van der Waals surface area (Å²) >= 11 is 5.47. The van der Waals surface area contributed by atoms with Gasteiger partial charge in [0, 0.05) is 5.02 Å². The van der Waals surface area contributed by atoms with Gasteiger partial charge in [0.25, 0.3) is 0 Å². The first-order valence-corrected chi connectivity index (χ1v) is 5.00. The zero-order valence-corrected chi connectivity index (χ0v) is 9.27. The molecular weight excluding hydrogens is 259 g/mol. The van der Waals surface area contributed by atoms with Crippen LogP contribution in [0.2, 0.25) is 5.02 Å². The van der Waals surface area contributed by atoms with Crippen LogP contribution in [-0.4, -0.2) is 17.6 Å². The number of aliphatic hydroxyl groups is 1. The highest BCUT2D eigenvalue weighted by Crippen LogP contribution is 2.36. The highest BCUT2D eigenvalue weighted by Gasteiger charge is 2.34. The Hall–Kier alpha value is -1.27. The van der Waals surface area contributed by atoms with Gasteiger partial charge >= 0.3 is 6.18 Å². The maximum absolute atomic E-state index is 12.6. The molecule has 0 saturated carbocycles. The highest BCUT2D eigenvalue weighted by molar-refractivity contribution is 6.30. The first kappa shape index (κ1) is 13.8. The van der Waals surface area contributed by atoms with E-state index in [1.165, 1.54) is 6.07 Å². The summed E-state index contributed by atoms with van der Waals surface area (Å²) in [5, 5.41) is 10.5. The van der Waals surface area contributed by atoms with E-state index in [0.717, 1.165) is 12.1 Å². The Bertz CT molecular complexity index is 421. The molecule has 7 heteroatoms. The molecule has 1 amide bonds. The van der Waals surface area contributed by atoms with Crippen molar-refractivity contribution in [2.24, 2.45) is 0 Å². The van der Waals surface area contributed by atoms with Gasteiger partial charge in [0.1, 0.15) is 0 Å². The molecule has 1 aromatic rings. The van der Waals surface area contributed by atoms with Gasteiger partial charge in [0.2, 0.25) is 5.91 Å². The third kappa shape index (κ3) is 3.90. The van der Waals surface area contributed by atoms with Gasteiger partial charge in [-0.3, -0.25) is 4.79 Å². The Morgan fingerprint density at radius 1 is 1.41 bits per heavy atom. The SMILES string of the molecule is O=C(CCO)Nc1ccc(Cl)cc1C(F)(F)F. The van der Waals surface area contributed by atoms with Crippen molar-refractivity contribution in [1.29, 1.82) is 0 Å². The number of benzene rings is 1. The number of amides is 1. The average Bonchev–Trinajstić information content (AvgIpc) is 2.19. The minimum Gasteiger partial charge on any atom is -0.396 e. The molecule has 0 radical (unpaired) electrons. The summed E-state index contributed by atoms with van der Waals surface area (Å²) in [5.74, 6) is -0.694. The van der Waals surface area contributed by atoms with E-state index in [4.69, 9.17) is 16.7 Å². The van der Waals surface area contributed by atoms with Crippen LogP contribution in [0, 0.1) is 0 Å². The molecule has 0 aliphatic rings. The van der Waals surface area contributed by atoms with Crippen LogP contribution in [0.4, 0.5) is 18.9 Å². The van der Waals surface area contributed by atoms with Gasteiger partial charge in [-0.25, -0.2) is 0 Å². The molecule has 0 aliphatic carbocycles. The number of nitrogens with one attached hydrogen (secondary N) is 1. The largest absolute Gasteiger partial charge is 0.418 e. The lowest BCUT2D eigenvalue weighted by Gasteiger charge is -2.13. The molecule has 3 nitrogen and oxygen atoms in total. The van der Waals surface area contributed by atoms with Crippen molar-refractivity contribution in [1.82, 2.24) is 0 Å². The molecule has 0 bridgehead atoms. The van der Waals surface area contributed by atoms with Gasteiger partial charge in [-0.15, -0.1) is 0 Å². The first-order chi connectivity index (χ1) is 7.84. The molecule has 0 atom stereocenters. The minimum atomic E-state index is -4.60. The van der Waals surface area contributed by atoms with Crippen molar-refractivity contribution in [2.75, 3.05) is 11.9 Å². The number of aliphatic hydroxyl groups excluding tert-OH is 1. The molecular formula is C10H9ClF3NO2. The number of hydrogen-bond acceptors (Lipinski definition) is 2. The topological polar surface area (TPSA) is 49.3 Å². The van der Waals surface area contributed by atoms with E-state index < -0.39 is 24.3 Å². The van der Waals surface area contributed by atoms with Crippen LogP contribution >= 0.6 is 11.6 Å². The lowest BCUT2D eigenvalue weighted by atomic mass is 10.1. The van der Waals surface area contributed by atoms with E-state index in [1.807, 2.05) is 0 Å². The average molecular weight is 268 g/mol. The fraction of sp³-hybridized carbons (Fsp3) is 0.300. The lowest BCUT2D eigenvalue weighted by molar-refractivity contribution is -0.137.